The molecule has 1 atom stereocenters. The van der Waals surface area contributed by atoms with Crippen LogP contribution in [0.1, 0.15) is 54.7 Å². The summed E-state index contributed by atoms with van der Waals surface area (Å²) in [5.41, 5.74) is 3.16. The molecule has 0 aliphatic rings. The van der Waals surface area contributed by atoms with Gasteiger partial charge in [-0.15, -0.1) is 0 Å². The second kappa shape index (κ2) is 8.46. The first-order valence-corrected chi connectivity index (χ1v) is 8.66. The SMILES string of the molecule is CCCC[C@H](NC(=O)c1cnn(-c2ccccc2C)c1CC)C(=O)O. The van der Waals surface area contributed by atoms with E-state index in [-0.39, 0.29) is 5.91 Å². The van der Waals surface area contributed by atoms with Crippen molar-refractivity contribution in [2.24, 2.45) is 0 Å². The summed E-state index contributed by atoms with van der Waals surface area (Å²) in [6, 6.07) is 6.94. The molecule has 1 aromatic heterocycles. The van der Waals surface area contributed by atoms with Crippen LogP contribution in [0.5, 0.6) is 0 Å². The first-order valence-electron chi connectivity index (χ1n) is 8.66. The number of carboxylic acids is 1. The van der Waals surface area contributed by atoms with Crippen molar-refractivity contribution in [1.82, 2.24) is 15.1 Å². The number of hydrogen-bond acceptors (Lipinski definition) is 3. The molecule has 2 aromatic rings. The minimum absolute atomic E-state index is 0.389. The molecule has 0 bridgehead atoms. The van der Waals surface area contributed by atoms with E-state index in [1.54, 1.807) is 4.68 Å². The Balaban J connectivity index is 2.29. The van der Waals surface area contributed by atoms with Gasteiger partial charge in [-0.2, -0.15) is 5.10 Å². The molecule has 2 rings (SSSR count). The summed E-state index contributed by atoms with van der Waals surface area (Å²) in [6.45, 7) is 5.93. The van der Waals surface area contributed by atoms with Gasteiger partial charge in [0.05, 0.1) is 23.1 Å². The molecule has 1 amide bonds. The number of carboxylic acid groups (broad SMARTS) is 1. The van der Waals surface area contributed by atoms with Gasteiger partial charge in [0, 0.05) is 0 Å². The van der Waals surface area contributed by atoms with E-state index in [1.807, 2.05) is 45.0 Å². The first-order chi connectivity index (χ1) is 12.0. The standard InChI is InChI=1S/C19H25N3O3/c1-4-6-10-15(19(24)25)21-18(23)14-12-20-22(16(14)5-2)17-11-8-7-9-13(17)3/h7-9,11-12,15H,4-6,10H2,1-3H3,(H,21,23)(H,24,25)/t15-/m0/s1. The van der Waals surface area contributed by atoms with Crippen molar-refractivity contribution in [2.45, 2.75) is 52.5 Å². The summed E-state index contributed by atoms with van der Waals surface area (Å²) in [4.78, 5) is 24.0. The average Bonchev–Trinajstić information content (AvgIpc) is 3.02. The second-order valence-corrected chi connectivity index (χ2v) is 6.06. The van der Waals surface area contributed by atoms with E-state index in [0.717, 1.165) is 29.8 Å². The van der Waals surface area contributed by atoms with Crippen molar-refractivity contribution in [1.29, 1.82) is 0 Å². The van der Waals surface area contributed by atoms with Gasteiger partial charge in [-0.3, -0.25) is 4.79 Å². The first kappa shape index (κ1) is 18.7. The molecule has 0 fully saturated rings. The van der Waals surface area contributed by atoms with E-state index in [9.17, 15) is 14.7 Å². The van der Waals surface area contributed by atoms with Crippen molar-refractivity contribution in [3.63, 3.8) is 0 Å². The third kappa shape index (κ3) is 4.26. The Morgan fingerprint density at radius 3 is 2.60 bits per heavy atom. The molecule has 1 heterocycles. The Morgan fingerprint density at radius 1 is 1.28 bits per heavy atom. The molecule has 1 aromatic carbocycles. The topological polar surface area (TPSA) is 84.2 Å². The van der Waals surface area contributed by atoms with E-state index in [4.69, 9.17) is 0 Å². The summed E-state index contributed by atoms with van der Waals surface area (Å²) in [6.07, 6.45) is 4.18. The zero-order chi connectivity index (χ0) is 18.4. The molecule has 0 saturated carbocycles. The fourth-order valence-electron chi connectivity index (χ4n) is 2.81. The van der Waals surface area contributed by atoms with Crippen LogP contribution in [0.2, 0.25) is 0 Å². The number of benzene rings is 1. The van der Waals surface area contributed by atoms with E-state index in [2.05, 4.69) is 10.4 Å². The molecule has 0 unspecified atom stereocenters. The molecule has 2 N–H and O–H groups in total. The summed E-state index contributed by atoms with van der Waals surface area (Å²) >= 11 is 0. The largest absolute Gasteiger partial charge is 0.480 e. The molecule has 0 saturated heterocycles. The number of unbranched alkanes of at least 4 members (excludes halogenated alkanes) is 1. The maximum absolute atomic E-state index is 12.6. The minimum atomic E-state index is -1.01. The van der Waals surface area contributed by atoms with Crippen LogP contribution in [0.3, 0.4) is 0 Å². The number of aliphatic carboxylic acids is 1. The summed E-state index contributed by atoms with van der Waals surface area (Å²) in [5.74, 6) is -1.40. The summed E-state index contributed by atoms with van der Waals surface area (Å²) < 4.78 is 1.76. The Kier molecular flexibility index (Phi) is 6.33. The third-order valence-electron chi connectivity index (χ3n) is 4.24. The quantitative estimate of drug-likeness (QED) is 0.771. The fourth-order valence-corrected chi connectivity index (χ4v) is 2.81. The van der Waals surface area contributed by atoms with E-state index in [1.165, 1.54) is 6.20 Å². The second-order valence-electron chi connectivity index (χ2n) is 6.06. The fraction of sp³-hybridized carbons (Fsp3) is 0.421. The van der Waals surface area contributed by atoms with Gasteiger partial charge in [0.1, 0.15) is 6.04 Å². The lowest BCUT2D eigenvalue weighted by Crippen LogP contribution is -2.41. The number of aryl methyl sites for hydroxylation is 1. The lowest BCUT2D eigenvalue weighted by molar-refractivity contribution is -0.139. The number of nitrogens with one attached hydrogen (secondary N) is 1. The molecule has 0 spiro atoms. The highest BCUT2D eigenvalue weighted by molar-refractivity contribution is 5.97. The number of rotatable bonds is 8. The number of hydrogen-bond donors (Lipinski definition) is 2. The van der Waals surface area contributed by atoms with Crippen LogP contribution in [0.15, 0.2) is 30.5 Å². The number of carbonyl (C=O) groups is 2. The summed E-state index contributed by atoms with van der Waals surface area (Å²) in [5, 5.41) is 16.3. The van der Waals surface area contributed by atoms with Gasteiger partial charge >= 0.3 is 5.97 Å². The van der Waals surface area contributed by atoms with Gasteiger partial charge in [-0.05, 0) is 31.4 Å². The molecule has 6 nitrogen and oxygen atoms in total. The smallest absolute Gasteiger partial charge is 0.326 e. The molecule has 6 heteroatoms. The van der Waals surface area contributed by atoms with Gasteiger partial charge in [0.2, 0.25) is 0 Å². The van der Waals surface area contributed by atoms with Crippen molar-refractivity contribution in [3.05, 3.63) is 47.3 Å². The van der Waals surface area contributed by atoms with Crippen LogP contribution < -0.4 is 5.32 Å². The van der Waals surface area contributed by atoms with Gasteiger partial charge in [0.25, 0.3) is 5.91 Å². The highest BCUT2D eigenvalue weighted by Crippen LogP contribution is 2.19. The number of carbonyl (C=O) groups excluding carboxylic acids is 1. The van der Waals surface area contributed by atoms with Gasteiger partial charge < -0.3 is 10.4 Å². The number of nitrogens with zero attached hydrogens (tertiary/aromatic N) is 2. The number of para-hydroxylation sites is 1. The Morgan fingerprint density at radius 2 is 2.00 bits per heavy atom. The number of aromatic nitrogens is 2. The molecular formula is C19H25N3O3. The molecule has 25 heavy (non-hydrogen) atoms. The zero-order valence-corrected chi connectivity index (χ0v) is 15.0. The van der Waals surface area contributed by atoms with Crippen LogP contribution in [0.4, 0.5) is 0 Å². The highest BCUT2D eigenvalue weighted by atomic mass is 16.4. The van der Waals surface area contributed by atoms with Crippen LogP contribution in [0, 0.1) is 6.92 Å². The van der Waals surface area contributed by atoms with Gasteiger partial charge in [0.15, 0.2) is 0 Å². The monoisotopic (exact) mass is 343 g/mol. The van der Waals surface area contributed by atoms with E-state index < -0.39 is 12.0 Å². The molecule has 0 radical (unpaired) electrons. The average molecular weight is 343 g/mol. The van der Waals surface area contributed by atoms with Gasteiger partial charge in [-0.1, -0.05) is 44.9 Å². The van der Waals surface area contributed by atoms with Crippen LogP contribution in [-0.4, -0.2) is 32.8 Å². The summed E-state index contributed by atoms with van der Waals surface area (Å²) in [7, 11) is 0. The third-order valence-corrected chi connectivity index (χ3v) is 4.24. The molecule has 134 valence electrons. The van der Waals surface area contributed by atoms with E-state index >= 15 is 0 Å². The maximum Gasteiger partial charge on any atom is 0.326 e. The van der Waals surface area contributed by atoms with Gasteiger partial charge in [-0.25, -0.2) is 9.48 Å². The Hall–Kier alpha value is -2.63. The van der Waals surface area contributed by atoms with Crippen molar-refractivity contribution in [2.75, 3.05) is 0 Å². The van der Waals surface area contributed by atoms with Crippen molar-refractivity contribution in [3.8, 4) is 5.69 Å². The Bertz CT molecular complexity index is 752. The van der Waals surface area contributed by atoms with Crippen molar-refractivity contribution >= 4 is 11.9 Å². The minimum Gasteiger partial charge on any atom is -0.480 e. The molecule has 0 aliphatic heterocycles. The lowest BCUT2D eigenvalue weighted by Gasteiger charge is -2.15. The van der Waals surface area contributed by atoms with Crippen LogP contribution >= 0.6 is 0 Å². The predicted octanol–water partition coefficient (Wildman–Crippen LogP) is 3.12. The van der Waals surface area contributed by atoms with Crippen molar-refractivity contribution < 1.29 is 14.7 Å². The van der Waals surface area contributed by atoms with E-state index in [0.29, 0.717) is 18.4 Å². The zero-order valence-electron chi connectivity index (χ0n) is 15.0. The Labute approximate surface area is 147 Å². The highest BCUT2D eigenvalue weighted by Gasteiger charge is 2.23. The normalized spacial score (nSPS) is 12.0. The maximum atomic E-state index is 12.6. The lowest BCUT2D eigenvalue weighted by atomic mass is 10.1. The predicted molar refractivity (Wildman–Crippen MR) is 96.1 cm³/mol. The van der Waals surface area contributed by atoms with Crippen LogP contribution in [0.25, 0.3) is 5.69 Å². The molecular weight excluding hydrogens is 318 g/mol. The molecule has 0 aliphatic carbocycles. The number of amides is 1. The van der Waals surface area contributed by atoms with Crippen LogP contribution in [-0.2, 0) is 11.2 Å².